The molecule has 2 aliphatic heterocycles. The van der Waals surface area contributed by atoms with Gasteiger partial charge in [0.1, 0.15) is 0 Å². The van der Waals surface area contributed by atoms with Gasteiger partial charge < -0.3 is 10.2 Å². The summed E-state index contributed by atoms with van der Waals surface area (Å²) in [5, 5.41) is 11.3. The highest BCUT2D eigenvalue weighted by Gasteiger charge is 2.32. The van der Waals surface area contributed by atoms with Crippen LogP contribution in [0.2, 0.25) is 0 Å². The average molecular weight is 462 g/mol. The van der Waals surface area contributed by atoms with Gasteiger partial charge in [0.05, 0.1) is 11.6 Å². The van der Waals surface area contributed by atoms with Crippen LogP contribution in [-0.2, 0) is 16.0 Å². The average Bonchev–Trinajstić information content (AvgIpc) is 2.85. The van der Waals surface area contributed by atoms with Gasteiger partial charge in [0.2, 0.25) is 11.8 Å². The number of carbonyl (C=O) groups excluding carboxylic acids is 2. The first-order valence-corrected chi connectivity index (χ1v) is 12.9. The van der Waals surface area contributed by atoms with Crippen LogP contribution < -0.4 is 10.2 Å². The molecular formula is C27H35N5O2. The van der Waals surface area contributed by atoms with Gasteiger partial charge in [-0.1, -0.05) is 31.4 Å². The minimum Gasteiger partial charge on any atom is -0.342 e. The Morgan fingerprint density at radius 1 is 0.941 bits per heavy atom. The number of nitrogens with zero attached hydrogens (tertiary/aromatic N) is 4. The number of benzene rings is 1. The topological polar surface area (TPSA) is 78.4 Å². The second-order valence-corrected chi connectivity index (χ2v) is 10.1. The molecule has 1 aromatic heterocycles. The van der Waals surface area contributed by atoms with Crippen molar-refractivity contribution < 1.29 is 9.59 Å². The van der Waals surface area contributed by atoms with E-state index in [1.165, 1.54) is 24.8 Å². The predicted octanol–water partition coefficient (Wildman–Crippen LogP) is 3.72. The Morgan fingerprint density at radius 2 is 1.68 bits per heavy atom. The zero-order valence-corrected chi connectivity index (χ0v) is 19.9. The minimum atomic E-state index is -0.0248. The molecule has 0 atom stereocenters. The molecule has 3 fully saturated rings. The second-order valence-electron chi connectivity index (χ2n) is 10.1. The van der Waals surface area contributed by atoms with Gasteiger partial charge in [-0.25, -0.2) is 0 Å². The summed E-state index contributed by atoms with van der Waals surface area (Å²) >= 11 is 0. The molecule has 0 unspecified atom stereocenters. The van der Waals surface area contributed by atoms with E-state index in [0.717, 1.165) is 50.9 Å². The van der Waals surface area contributed by atoms with E-state index in [9.17, 15) is 9.59 Å². The second kappa shape index (κ2) is 10.6. The molecule has 180 valence electrons. The standard InChI is InChI=1S/C27H35N5O2/c33-26(22-5-2-1-3-6-22)31-15-12-21(13-16-31)17-20-8-10-24(11-9-20)32(25-7-4-14-29-30-25)27(34)23-18-28-19-23/h4,7-11,14,21-23,28H,1-3,5-6,12-13,15-19H2. The first-order valence-electron chi connectivity index (χ1n) is 12.9. The predicted molar refractivity (Wildman–Crippen MR) is 132 cm³/mol. The number of anilines is 2. The monoisotopic (exact) mass is 461 g/mol. The lowest BCUT2D eigenvalue weighted by atomic mass is 9.86. The summed E-state index contributed by atoms with van der Waals surface area (Å²) in [7, 11) is 0. The van der Waals surface area contributed by atoms with Crippen molar-refractivity contribution in [1.29, 1.82) is 0 Å². The summed E-state index contributed by atoms with van der Waals surface area (Å²) < 4.78 is 0. The van der Waals surface area contributed by atoms with Crippen molar-refractivity contribution in [1.82, 2.24) is 20.4 Å². The third-order valence-corrected chi connectivity index (χ3v) is 7.74. The van der Waals surface area contributed by atoms with E-state index in [1.807, 2.05) is 18.2 Å². The van der Waals surface area contributed by atoms with E-state index in [-0.39, 0.29) is 17.7 Å². The van der Waals surface area contributed by atoms with E-state index in [0.29, 0.717) is 30.7 Å². The largest absolute Gasteiger partial charge is 0.342 e. The highest BCUT2D eigenvalue weighted by Crippen LogP contribution is 2.30. The van der Waals surface area contributed by atoms with Crippen LogP contribution in [0.25, 0.3) is 0 Å². The molecule has 0 spiro atoms. The quantitative estimate of drug-likeness (QED) is 0.709. The molecule has 3 heterocycles. The molecule has 2 saturated heterocycles. The van der Waals surface area contributed by atoms with Crippen molar-refractivity contribution in [2.45, 2.75) is 51.4 Å². The molecule has 7 heteroatoms. The number of nitrogens with one attached hydrogen (secondary N) is 1. The lowest BCUT2D eigenvalue weighted by Gasteiger charge is -2.35. The smallest absolute Gasteiger partial charge is 0.238 e. The highest BCUT2D eigenvalue weighted by atomic mass is 16.2. The van der Waals surface area contributed by atoms with Crippen molar-refractivity contribution in [3.63, 3.8) is 0 Å². The lowest BCUT2D eigenvalue weighted by molar-refractivity contribution is -0.138. The molecule has 1 saturated carbocycles. The number of aromatic nitrogens is 2. The lowest BCUT2D eigenvalue weighted by Crippen LogP contribution is -2.51. The number of likely N-dealkylation sites (tertiary alicyclic amines) is 1. The zero-order valence-electron chi connectivity index (χ0n) is 19.9. The SMILES string of the molecule is O=C(C1CCCCC1)N1CCC(Cc2ccc(N(C(=O)C3CNC3)c3cccnn3)cc2)CC1. The van der Waals surface area contributed by atoms with E-state index >= 15 is 0 Å². The number of amides is 2. The van der Waals surface area contributed by atoms with Crippen LogP contribution in [0.1, 0.15) is 50.5 Å². The fourth-order valence-corrected chi connectivity index (χ4v) is 5.51. The van der Waals surface area contributed by atoms with Gasteiger partial charge in [-0.05, 0) is 67.9 Å². The van der Waals surface area contributed by atoms with Gasteiger partial charge >= 0.3 is 0 Å². The molecule has 0 radical (unpaired) electrons. The van der Waals surface area contributed by atoms with E-state index in [2.05, 4.69) is 32.5 Å². The van der Waals surface area contributed by atoms with Crippen LogP contribution in [-0.4, -0.2) is 53.1 Å². The third kappa shape index (κ3) is 5.14. The first-order chi connectivity index (χ1) is 16.7. The van der Waals surface area contributed by atoms with Gasteiger partial charge in [-0.3, -0.25) is 14.5 Å². The van der Waals surface area contributed by atoms with Gasteiger partial charge in [0.25, 0.3) is 0 Å². The van der Waals surface area contributed by atoms with Crippen LogP contribution in [0.15, 0.2) is 42.6 Å². The molecule has 2 amide bonds. The Bertz CT molecular complexity index is 962. The minimum absolute atomic E-state index is 0.0248. The summed E-state index contributed by atoms with van der Waals surface area (Å²) in [6, 6.07) is 11.9. The Kier molecular flexibility index (Phi) is 7.19. The van der Waals surface area contributed by atoms with E-state index < -0.39 is 0 Å². The molecule has 2 aromatic rings. The van der Waals surface area contributed by atoms with Crippen LogP contribution >= 0.6 is 0 Å². The Labute approximate surface area is 201 Å². The summed E-state index contributed by atoms with van der Waals surface area (Å²) in [5.41, 5.74) is 2.10. The third-order valence-electron chi connectivity index (χ3n) is 7.74. The van der Waals surface area contributed by atoms with E-state index in [4.69, 9.17) is 0 Å². The molecule has 3 aliphatic rings. The van der Waals surface area contributed by atoms with Crippen molar-refractivity contribution in [2.24, 2.45) is 17.8 Å². The number of rotatable bonds is 6. The molecule has 5 rings (SSSR count). The Morgan fingerprint density at radius 3 is 2.29 bits per heavy atom. The normalized spacial score (nSPS) is 20.1. The van der Waals surface area contributed by atoms with E-state index in [1.54, 1.807) is 17.2 Å². The molecule has 1 N–H and O–H groups in total. The number of carbonyl (C=O) groups is 2. The van der Waals surface area contributed by atoms with Gasteiger partial charge in [0, 0.05) is 38.3 Å². The van der Waals surface area contributed by atoms with Crippen LogP contribution in [0, 0.1) is 17.8 Å². The first kappa shape index (κ1) is 23.0. The number of piperidine rings is 1. The molecule has 1 aromatic carbocycles. The molecule has 1 aliphatic carbocycles. The number of hydrogen-bond acceptors (Lipinski definition) is 5. The maximum atomic E-state index is 13.1. The number of hydrogen-bond donors (Lipinski definition) is 1. The zero-order chi connectivity index (χ0) is 23.3. The maximum absolute atomic E-state index is 13.1. The van der Waals surface area contributed by atoms with Crippen LogP contribution in [0.3, 0.4) is 0 Å². The Hall–Kier alpha value is -2.80. The van der Waals surface area contributed by atoms with Gasteiger partial charge in [0.15, 0.2) is 5.82 Å². The van der Waals surface area contributed by atoms with Crippen molar-refractivity contribution in [3.8, 4) is 0 Å². The van der Waals surface area contributed by atoms with Crippen molar-refractivity contribution in [3.05, 3.63) is 48.2 Å². The van der Waals surface area contributed by atoms with Gasteiger partial charge in [-0.2, -0.15) is 5.10 Å². The highest BCUT2D eigenvalue weighted by molar-refractivity contribution is 6.01. The fourth-order valence-electron chi connectivity index (χ4n) is 5.51. The summed E-state index contributed by atoms with van der Waals surface area (Å²) in [4.78, 5) is 29.8. The fraction of sp³-hybridized carbons (Fsp3) is 0.556. The van der Waals surface area contributed by atoms with Crippen LogP contribution in [0.5, 0.6) is 0 Å². The molecule has 34 heavy (non-hydrogen) atoms. The van der Waals surface area contributed by atoms with Gasteiger partial charge in [-0.15, -0.1) is 5.10 Å². The molecule has 0 bridgehead atoms. The van der Waals surface area contributed by atoms with Crippen LogP contribution in [0.4, 0.5) is 11.5 Å². The van der Waals surface area contributed by atoms with Crippen molar-refractivity contribution in [2.75, 3.05) is 31.1 Å². The molecule has 7 nitrogen and oxygen atoms in total. The summed E-state index contributed by atoms with van der Waals surface area (Å²) in [5.74, 6) is 1.86. The van der Waals surface area contributed by atoms with Crippen molar-refractivity contribution >= 4 is 23.3 Å². The summed E-state index contributed by atoms with van der Waals surface area (Å²) in [6.45, 7) is 3.19. The summed E-state index contributed by atoms with van der Waals surface area (Å²) in [6.07, 6.45) is 10.6. The maximum Gasteiger partial charge on any atom is 0.238 e. The molecular weight excluding hydrogens is 426 g/mol. The Balaban J connectivity index is 1.19.